The fraction of sp³-hybridized carbons (Fsp3) is 0.722. The van der Waals surface area contributed by atoms with Crippen LogP contribution in [-0.2, 0) is 27.3 Å². The molecule has 1 unspecified atom stereocenters. The van der Waals surface area contributed by atoms with Gasteiger partial charge in [-0.1, -0.05) is 0 Å². The van der Waals surface area contributed by atoms with E-state index in [2.05, 4.69) is 4.98 Å². The first kappa shape index (κ1) is 16.6. The summed E-state index contributed by atoms with van der Waals surface area (Å²) in [4.78, 5) is 32.7. The Morgan fingerprint density at radius 1 is 1.12 bits per heavy atom. The average molecular weight is 347 g/mol. The van der Waals surface area contributed by atoms with Crippen LogP contribution in [0.2, 0.25) is 0 Å². The lowest BCUT2D eigenvalue weighted by molar-refractivity contribution is -0.140. The predicted molar refractivity (Wildman–Crippen MR) is 88.8 cm³/mol. The number of hydrogen-bond donors (Lipinski definition) is 0. The highest BCUT2D eigenvalue weighted by atomic mass is 16.5. The zero-order valence-electron chi connectivity index (χ0n) is 14.7. The van der Waals surface area contributed by atoms with Crippen molar-refractivity contribution in [3.8, 4) is 0 Å². The molecule has 7 nitrogen and oxygen atoms in total. The lowest BCUT2D eigenvalue weighted by Gasteiger charge is -2.34. The number of aromatic nitrogens is 1. The van der Waals surface area contributed by atoms with E-state index in [1.165, 1.54) is 0 Å². The van der Waals surface area contributed by atoms with Crippen molar-refractivity contribution in [3.05, 3.63) is 17.3 Å². The molecule has 25 heavy (non-hydrogen) atoms. The normalized spacial score (nSPS) is 24.4. The van der Waals surface area contributed by atoms with E-state index in [-0.39, 0.29) is 23.7 Å². The molecule has 0 aromatic carbocycles. The number of hydrogen-bond acceptors (Lipinski definition) is 5. The van der Waals surface area contributed by atoms with Gasteiger partial charge in [-0.3, -0.25) is 9.59 Å². The predicted octanol–water partition coefficient (Wildman–Crippen LogP) is 1.32. The molecule has 1 aromatic heterocycles. The smallest absolute Gasteiger partial charge is 0.226 e. The molecule has 0 spiro atoms. The number of rotatable bonds is 2. The summed E-state index contributed by atoms with van der Waals surface area (Å²) < 4.78 is 11.3. The van der Waals surface area contributed by atoms with Crippen molar-refractivity contribution in [1.82, 2.24) is 14.8 Å². The molecule has 0 saturated carbocycles. The van der Waals surface area contributed by atoms with Crippen LogP contribution in [0, 0.1) is 5.92 Å². The van der Waals surface area contributed by atoms with Gasteiger partial charge in [-0.2, -0.15) is 0 Å². The summed E-state index contributed by atoms with van der Waals surface area (Å²) in [5.74, 6) is 2.27. The van der Waals surface area contributed by atoms with E-state index in [1.807, 2.05) is 9.80 Å². The van der Waals surface area contributed by atoms with Gasteiger partial charge in [0.1, 0.15) is 11.5 Å². The molecule has 4 heterocycles. The number of carbonyl (C=O) groups excluding carboxylic acids is 2. The van der Waals surface area contributed by atoms with Crippen molar-refractivity contribution in [2.75, 3.05) is 32.8 Å². The van der Waals surface area contributed by atoms with E-state index < -0.39 is 0 Å². The van der Waals surface area contributed by atoms with Crippen LogP contribution in [0.5, 0.6) is 0 Å². The maximum atomic E-state index is 12.8. The minimum atomic E-state index is 0.0201. The summed E-state index contributed by atoms with van der Waals surface area (Å²) in [6, 6.07) is 0. The Labute approximate surface area is 147 Å². The van der Waals surface area contributed by atoms with Crippen molar-refractivity contribution < 1.29 is 18.7 Å². The Hall–Kier alpha value is -1.89. The average Bonchev–Trinajstić information content (AvgIpc) is 3.29. The van der Waals surface area contributed by atoms with Crippen LogP contribution in [0.15, 0.2) is 4.42 Å². The van der Waals surface area contributed by atoms with Crippen LogP contribution in [-0.4, -0.2) is 59.4 Å². The van der Waals surface area contributed by atoms with Crippen LogP contribution in [0.3, 0.4) is 0 Å². The number of piperidine rings is 1. The summed E-state index contributed by atoms with van der Waals surface area (Å²) >= 11 is 0. The van der Waals surface area contributed by atoms with Gasteiger partial charge in [-0.15, -0.1) is 0 Å². The third-order valence-corrected chi connectivity index (χ3v) is 5.62. The fourth-order valence-corrected chi connectivity index (χ4v) is 4.01. The van der Waals surface area contributed by atoms with E-state index in [9.17, 15) is 9.59 Å². The first-order valence-corrected chi connectivity index (χ1v) is 9.22. The van der Waals surface area contributed by atoms with Gasteiger partial charge in [0, 0.05) is 45.5 Å². The molecule has 3 aliphatic rings. The number of fused-ring (bicyclic) bond motifs is 1. The number of likely N-dealkylation sites (tertiary alicyclic amines) is 1. The molecule has 136 valence electrons. The van der Waals surface area contributed by atoms with Crippen molar-refractivity contribution in [2.45, 2.75) is 45.1 Å². The van der Waals surface area contributed by atoms with Crippen molar-refractivity contribution in [3.63, 3.8) is 0 Å². The highest BCUT2D eigenvalue weighted by Crippen LogP contribution is 2.30. The molecular weight excluding hydrogens is 322 g/mol. The van der Waals surface area contributed by atoms with Gasteiger partial charge in [0.05, 0.1) is 19.1 Å². The minimum absolute atomic E-state index is 0.0201. The lowest BCUT2D eigenvalue weighted by Crippen LogP contribution is -2.45. The van der Waals surface area contributed by atoms with E-state index >= 15 is 0 Å². The summed E-state index contributed by atoms with van der Waals surface area (Å²) in [6.45, 7) is 5.62. The van der Waals surface area contributed by atoms with Crippen LogP contribution >= 0.6 is 0 Å². The van der Waals surface area contributed by atoms with Gasteiger partial charge in [0.15, 0.2) is 5.89 Å². The summed E-state index contributed by atoms with van der Waals surface area (Å²) in [5.41, 5.74) is 0.905. The van der Waals surface area contributed by atoms with Gasteiger partial charge >= 0.3 is 0 Å². The molecule has 0 radical (unpaired) electrons. The van der Waals surface area contributed by atoms with E-state index in [4.69, 9.17) is 9.15 Å². The molecule has 2 saturated heterocycles. The number of nitrogens with zero attached hydrogens (tertiary/aromatic N) is 3. The lowest BCUT2D eigenvalue weighted by atomic mass is 9.94. The molecule has 0 N–H and O–H groups in total. The van der Waals surface area contributed by atoms with Crippen LogP contribution in [0.4, 0.5) is 0 Å². The van der Waals surface area contributed by atoms with Gasteiger partial charge in [0.25, 0.3) is 0 Å². The number of amides is 2. The maximum Gasteiger partial charge on any atom is 0.226 e. The van der Waals surface area contributed by atoms with Crippen LogP contribution in [0.25, 0.3) is 0 Å². The second kappa shape index (κ2) is 6.78. The van der Waals surface area contributed by atoms with Crippen molar-refractivity contribution in [2.24, 2.45) is 5.92 Å². The quantitative estimate of drug-likeness (QED) is 0.806. The standard InChI is InChI=1S/C18H25N3O4/c1-12(22)20-6-2-13(3-7-20)18(23)21-8-4-16-15(10-21)19-17(25-16)14-5-9-24-11-14/h13-14H,2-11H2,1H3. The Morgan fingerprint density at radius 3 is 2.60 bits per heavy atom. The zero-order valence-corrected chi connectivity index (χ0v) is 14.7. The van der Waals surface area contributed by atoms with Gasteiger partial charge in [0.2, 0.25) is 11.8 Å². The maximum absolute atomic E-state index is 12.8. The fourth-order valence-electron chi connectivity index (χ4n) is 4.01. The first-order chi connectivity index (χ1) is 12.1. The molecule has 4 rings (SSSR count). The Morgan fingerprint density at radius 2 is 1.92 bits per heavy atom. The second-order valence-electron chi connectivity index (χ2n) is 7.27. The number of oxazole rings is 1. The molecular formula is C18H25N3O4. The Balaban J connectivity index is 1.38. The number of ether oxygens (including phenoxy) is 1. The zero-order chi connectivity index (χ0) is 17.4. The topological polar surface area (TPSA) is 75.9 Å². The third kappa shape index (κ3) is 3.29. The third-order valence-electron chi connectivity index (χ3n) is 5.62. The molecule has 7 heteroatoms. The second-order valence-corrected chi connectivity index (χ2v) is 7.27. The van der Waals surface area contributed by atoms with E-state index in [0.29, 0.717) is 32.8 Å². The van der Waals surface area contributed by atoms with E-state index in [0.717, 1.165) is 49.6 Å². The largest absolute Gasteiger partial charge is 0.445 e. The molecule has 0 bridgehead atoms. The minimum Gasteiger partial charge on any atom is -0.445 e. The number of carbonyl (C=O) groups is 2. The van der Waals surface area contributed by atoms with Crippen molar-refractivity contribution in [1.29, 1.82) is 0 Å². The Kier molecular flexibility index (Phi) is 4.50. The molecule has 2 amide bonds. The molecule has 1 aromatic rings. The van der Waals surface area contributed by atoms with Gasteiger partial charge in [-0.05, 0) is 19.3 Å². The highest BCUT2D eigenvalue weighted by Gasteiger charge is 2.33. The van der Waals surface area contributed by atoms with Crippen LogP contribution < -0.4 is 0 Å². The van der Waals surface area contributed by atoms with Gasteiger partial charge < -0.3 is 19.0 Å². The molecule has 0 aliphatic carbocycles. The summed E-state index contributed by atoms with van der Waals surface area (Å²) in [5, 5.41) is 0. The van der Waals surface area contributed by atoms with Crippen molar-refractivity contribution >= 4 is 11.8 Å². The molecule has 2 fully saturated rings. The SMILES string of the molecule is CC(=O)N1CCC(C(=O)N2CCc3oc(C4CCOC4)nc3C2)CC1. The summed E-state index contributed by atoms with van der Waals surface area (Å²) in [7, 11) is 0. The monoisotopic (exact) mass is 347 g/mol. The van der Waals surface area contributed by atoms with Gasteiger partial charge in [-0.25, -0.2) is 4.98 Å². The Bertz CT molecular complexity index is 657. The summed E-state index contributed by atoms with van der Waals surface area (Å²) in [6.07, 6.45) is 3.20. The van der Waals surface area contributed by atoms with E-state index in [1.54, 1.807) is 6.92 Å². The van der Waals surface area contributed by atoms with Crippen LogP contribution in [0.1, 0.15) is 49.4 Å². The molecule has 1 atom stereocenters. The first-order valence-electron chi connectivity index (χ1n) is 9.22. The molecule has 3 aliphatic heterocycles. The highest BCUT2D eigenvalue weighted by molar-refractivity contribution is 5.80.